The van der Waals surface area contributed by atoms with Crippen molar-refractivity contribution in [2.45, 2.75) is 26.3 Å². The van der Waals surface area contributed by atoms with Crippen LogP contribution in [0.25, 0.3) is 0 Å². The van der Waals surface area contributed by atoms with E-state index >= 15 is 0 Å². The number of hydrogen-bond acceptors (Lipinski definition) is 6. The Kier molecular flexibility index (Phi) is 4.22. The molecule has 0 bridgehead atoms. The van der Waals surface area contributed by atoms with Gasteiger partial charge in [-0.05, 0) is 26.0 Å². The number of nitrogens with zero attached hydrogens (tertiary/aromatic N) is 1. The lowest BCUT2D eigenvalue weighted by atomic mass is 10.2. The summed E-state index contributed by atoms with van der Waals surface area (Å²) in [6, 6.07) is 4.10. The molecule has 2 rings (SSSR count). The molecule has 0 fully saturated rings. The molecule has 2 aromatic heterocycles. The SMILES string of the molecule is CCOC(=O)c1coc(NC(C)Cc2ccco2)n1. The first-order valence-electron chi connectivity index (χ1n) is 6.10. The molecule has 0 saturated heterocycles. The zero-order valence-corrected chi connectivity index (χ0v) is 10.9. The van der Waals surface area contributed by atoms with Crippen molar-refractivity contribution in [3.63, 3.8) is 0 Å². The first-order valence-corrected chi connectivity index (χ1v) is 6.10. The van der Waals surface area contributed by atoms with Crippen LogP contribution in [-0.2, 0) is 11.2 Å². The molecule has 1 N–H and O–H groups in total. The Labute approximate surface area is 110 Å². The van der Waals surface area contributed by atoms with Crippen molar-refractivity contribution in [3.05, 3.63) is 36.1 Å². The molecule has 0 amide bonds. The van der Waals surface area contributed by atoms with E-state index in [4.69, 9.17) is 13.6 Å². The molecule has 2 aromatic rings. The van der Waals surface area contributed by atoms with Gasteiger partial charge in [-0.3, -0.25) is 0 Å². The standard InChI is InChI=1S/C13H16N2O4/c1-3-17-12(16)11-8-19-13(15-11)14-9(2)7-10-5-4-6-18-10/h4-6,8-9H,3,7H2,1-2H3,(H,14,15). The smallest absolute Gasteiger partial charge is 0.360 e. The molecule has 0 aromatic carbocycles. The fraction of sp³-hybridized carbons (Fsp3) is 0.385. The van der Waals surface area contributed by atoms with Gasteiger partial charge in [-0.25, -0.2) is 4.79 Å². The molecule has 0 saturated carbocycles. The molecule has 0 radical (unpaired) electrons. The van der Waals surface area contributed by atoms with E-state index in [0.29, 0.717) is 19.0 Å². The van der Waals surface area contributed by atoms with E-state index < -0.39 is 5.97 Å². The lowest BCUT2D eigenvalue weighted by Crippen LogP contribution is -2.18. The summed E-state index contributed by atoms with van der Waals surface area (Å²) in [5.41, 5.74) is 0.162. The van der Waals surface area contributed by atoms with E-state index in [1.807, 2.05) is 19.1 Å². The highest BCUT2D eigenvalue weighted by molar-refractivity contribution is 5.87. The van der Waals surface area contributed by atoms with Crippen LogP contribution in [0.2, 0.25) is 0 Å². The van der Waals surface area contributed by atoms with Crippen molar-refractivity contribution in [2.24, 2.45) is 0 Å². The number of furan rings is 1. The van der Waals surface area contributed by atoms with Crippen LogP contribution in [0.4, 0.5) is 6.01 Å². The van der Waals surface area contributed by atoms with Crippen molar-refractivity contribution in [3.8, 4) is 0 Å². The van der Waals surface area contributed by atoms with Crippen LogP contribution in [0, 0.1) is 0 Å². The molecule has 6 heteroatoms. The normalized spacial score (nSPS) is 12.1. The number of carbonyl (C=O) groups is 1. The van der Waals surface area contributed by atoms with Gasteiger partial charge in [-0.2, -0.15) is 4.98 Å². The van der Waals surface area contributed by atoms with Gasteiger partial charge in [0.25, 0.3) is 6.01 Å². The number of hydrogen-bond donors (Lipinski definition) is 1. The second-order valence-corrected chi connectivity index (χ2v) is 4.09. The van der Waals surface area contributed by atoms with Crippen molar-refractivity contribution < 1.29 is 18.4 Å². The molecule has 19 heavy (non-hydrogen) atoms. The minimum Gasteiger partial charge on any atom is -0.469 e. The van der Waals surface area contributed by atoms with Crippen LogP contribution >= 0.6 is 0 Å². The number of oxazole rings is 1. The van der Waals surface area contributed by atoms with Crippen LogP contribution in [0.15, 0.2) is 33.5 Å². The molecule has 6 nitrogen and oxygen atoms in total. The topological polar surface area (TPSA) is 77.5 Å². The maximum absolute atomic E-state index is 11.4. The van der Waals surface area contributed by atoms with Gasteiger partial charge in [0.15, 0.2) is 5.69 Å². The van der Waals surface area contributed by atoms with E-state index in [0.717, 1.165) is 5.76 Å². The predicted molar refractivity (Wildman–Crippen MR) is 68.0 cm³/mol. The predicted octanol–water partition coefficient (Wildman–Crippen LogP) is 2.49. The lowest BCUT2D eigenvalue weighted by molar-refractivity contribution is 0.0519. The fourth-order valence-corrected chi connectivity index (χ4v) is 1.63. The number of nitrogens with one attached hydrogen (secondary N) is 1. The third kappa shape index (κ3) is 3.61. The van der Waals surface area contributed by atoms with Crippen molar-refractivity contribution >= 4 is 12.0 Å². The quantitative estimate of drug-likeness (QED) is 0.808. The van der Waals surface area contributed by atoms with E-state index in [2.05, 4.69) is 10.3 Å². The Balaban J connectivity index is 1.90. The van der Waals surface area contributed by atoms with E-state index in [9.17, 15) is 4.79 Å². The van der Waals surface area contributed by atoms with Gasteiger partial charge in [0, 0.05) is 12.5 Å². The number of anilines is 1. The highest BCUT2D eigenvalue weighted by Gasteiger charge is 2.14. The van der Waals surface area contributed by atoms with Crippen molar-refractivity contribution in [1.82, 2.24) is 4.98 Å². The Morgan fingerprint density at radius 1 is 1.53 bits per heavy atom. The molecule has 0 spiro atoms. The first-order chi connectivity index (χ1) is 9.19. The Hall–Kier alpha value is -2.24. The van der Waals surface area contributed by atoms with Crippen molar-refractivity contribution in [1.29, 1.82) is 0 Å². The van der Waals surface area contributed by atoms with Gasteiger partial charge >= 0.3 is 5.97 Å². The van der Waals surface area contributed by atoms with Gasteiger partial charge in [-0.1, -0.05) is 0 Å². The molecule has 0 aliphatic rings. The second kappa shape index (κ2) is 6.08. The zero-order valence-electron chi connectivity index (χ0n) is 10.9. The minimum absolute atomic E-state index is 0.0693. The summed E-state index contributed by atoms with van der Waals surface area (Å²) in [4.78, 5) is 15.4. The third-order valence-electron chi connectivity index (χ3n) is 2.45. The summed E-state index contributed by atoms with van der Waals surface area (Å²) < 4.78 is 15.2. The zero-order chi connectivity index (χ0) is 13.7. The van der Waals surface area contributed by atoms with Crippen LogP contribution in [0.5, 0.6) is 0 Å². The molecule has 0 aliphatic carbocycles. The first kappa shape index (κ1) is 13.2. The monoisotopic (exact) mass is 264 g/mol. The van der Waals surface area contributed by atoms with Crippen LogP contribution in [-0.4, -0.2) is 23.6 Å². The fourth-order valence-electron chi connectivity index (χ4n) is 1.63. The number of rotatable bonds is 6. The molecule has 102 valence electrons. The molecule has 1 atom stereocenters. The van der Waals surface area contributed by atoms with E-state index in [1.165, 1.54) is 6.26 Å². The highest BCUT2D eigenvalue weighted by atomic mass is 16.5. The summed E-state index contributed by atoms with van der Waals surface area (Å²) in [5.74, 6) is 0.384. The van der Waals surface area contributed by atoms with Crippen LogP contribution in [0.1, 0.15) is 30.1 Å². The summed E-state index contributed by atoms with van der Waals surface area (Å²) in [7, 11) is 0. The average Bonchev–Trinajstić information content (AvgIpc) is 3.00. The molecular formula is C13H16N2O4. The molecule has 1 unspecified atom stereocenters. The average molecular weight is 264 g/mol. The summed E-state index contributed by atoms with van der Waals surface area (Å²) >= 11 is 0. The number of aromatic nitrogens is 1. The lowest BCUT2D eigenvalue weighted by Gasteiger charge is -2.09. The van der Waals surface area contributed by atoms with Crippen LogP contribution in [0.3, 0.4) is 0 Å². The van der Waals surface area contributed by atoms with Gasteiger partial charge < -0.3 is 18.9 Å². The summed E-state index contributed by atoms with van der Waals surface area (Å²) in [5, 5.41) is 3.05. The van der Waals surface area contributed by atoms with Crippen LogP contribution < -0.4 is 5.32 Å². The van der Waals surface area contributed by atoms with Gasteiger partial charge in [0.05, 0.1) is 12.9 Å². The Morgan fingerprint density at radius 2 is 2.37 bits per heavy atom. The Bertz CT molecular complexity index is 518. The molecule has 0 aliphatic heterocycles. The maximum atomic E-state index is 11.4. The number of carbonyl (C=O) groups excluding carboxylic acids is 1. The summed E-state index contributed by atoms with van der Waals surface area (Å²) in [6.07, 6.45) is 3.61. The molecular weight excluding hydrogens is 248 g/mol. The number of esters is 1. The highest BCUT2D eigenvalue weighted by Crippen LogP contribution is 2.12. The van der Waals surface area contributed by atoms with Gasteiger partial charge in [0.1, 0.15) is 12.0 Å². The van der Waals surface area contributed by atoms with Crippen molar-refractivity contribution in [2.75, 3.05) is 11.9 Å². The molecule has 2 heterocycles. The third-order valence-corrected chi connectivity index (χ3v) is 2.45. The number of ether oxygens (including phenoxy) is 1. The van der Waals surface area contributed by atoms with E-state index in [-0.39, 0.29) is 11.7 Å². The van der Waals surface area contributed by atoms with Gasteiger partial charge in [0.2, 0.25) is 0 Å². The van der Waals surface area contributed by atoms with E-state index in [1.54, 1.807) is 13.2 Å². The van der Waals surface area contributed by atoms with Gasteiger partial charge in [-0.15, -0.1) is 0 Å². The largest absolute Gasteiger partial charge is 0.469 e. The second-order valence-electron chi connectivity index (χ2n) is 4.09. The Morgan fingerprint density at radius 3 is 3.05 bits per heavy atom. The summed E-state index contributed by atoms with van der Waals surface area (Å²) in [6.45, 7) is 4.02. The minimum atomic E-state index is -0.488. The maximum Gasteiger partial charge on any atom is 0.360 e.